The van der Waals surface area contributed by atoms with Crippen molar-refractivity contribution in [1.29, 1.82) is 0 Å². The Bertz CT molecular complexity index is 354. The molecule has 0 heterocycles. The molecule has 1 aromatic carbocycles. The third-order valence-corrected chi connectivity index (χ3v) is 4.08. The average Bonchev–Trinajstić information content (AvgIpc) is 2.33. The van der Waals surface area contributed by atoms with Crippen LogP contribution in [0.4, 0.5) is 5.69 Å². The number of hydrogen-bond donors (Lipinski definition) is 1. The van der Waals surface area contributed by atoms with Crippen LogP contribution in [0.5, 0.6) is 0 Å². The van der Waals surface area contributed by atoms with Gasteiger partial charge in [0.25, 0.3) is 0 Å². The predicted octanol–water partition coefficient (Wildman–Crippen LogP) is 3.28. The molecule has 0 aromatic heterocycles. The summed E-state index contributed by atoms with van der Waals surface area (Å²) in [5, 5.41) is 0. The van der Waals surface area contributed by atoms with Crippen LogP contribution in [-0.4, -0.2) is 18.0 Å². The summed E-state index contributed by atoms with van der Waals surface area (Å²) < 4.78 is 0. The Hall–Kier alpha value is -1.02. The number of benzene rings is 1. The fourth-order valence-electron chi connectivity index (χ4n) is 2.76. The van der Waals surface area contributed by atoms with E-state index in [-0.39, 0.29) is 0 Å². The zero-order valence-corrected chi connectivity index (χ0v) is 11.0. The highest BCUT2D eigenvalue weighted by atomic mass is 15.1. The second kappa shape index (κ2) is 5.54. The molecule has 0 spiro atoms. The average molecular weight is 232 g/mol. The van der Waals surface area contributed by atoms with Gasteiger partial charge >= 0.3 is 0 Å². The van der Waals surface area contributed by atoms with E-state index in [1.165, 1.54) is 31.2 Å². The van der Waals surface area contributed by atoms with Crippen LogP contribution in [-0.2, 0) is 6.54 Å². The summed E-state index contributed by atoms with van der Waals surface area (Å²) in [6.45, 7) is 3.34. The summed E-state index contributed by atoms with van der Waals surface area (Å²) in [6, 6.07) is 8.94. The van der Waals surface area contributed by atoms with Crippen molar-refractivity contribution in [3.8, 4) is 0 Å². The van der Waals surface area contributed by atoms with Gasteiger partial charge in [-0.2, -0.15) is 0 Å². The van der Waals surface area contributed by atoms with E-state index in [1.54, 1.807) is 0 Å². The van der Waals surface area contributed by atoms with Crippen LogP contribution in [0.25, 0.3) is 0 Å². The molecule has 1 aliphatic carbocycles. The number of nitrogen functional groups attached to an aromatic ring is 1. The third-order valence-electron chi connectivity index (χ3n) is 4.08. The Balaban J connectivity index is 1.93. The number of nitrogens with zero attached hydrogens (tertiary/aromatic N) is 1. The molecule has 0 aliphatic heterocycles. The molecule has 0 bridgehead atoms. The lowest BCUT2D eigenvalue weighted by Gasteiger charge is -2.33. The fourth-order valence-corrected chi connectivity index (χ4v) is 2.76. The summed E-state index contributed by atoms with van der Waals surface area (Å²) >= 11 is 0. The monoisotopic (exact) mass is 232 g/mol. The molecule has 1 aliphatic rings. The standard InChI is InChI=1S/C15H24N2/c1-12-7-9-14(10-8-12)17(2)11-13-5-3-4-6-15(13)16/h3-6,12,14H,7-11,16H2,1-2H3. The van der Waals surface area contributed by atoms with Crippen molar-refractivity contribution in [3.63, 3.8) is 0 Å². The lowest BCUT2D eigenvalue weighted by molar-refractivity contribution is 0.164. The van der Waals surface area contributed by atoms with Crippen LogP contribution in [0.3, 0.4) is 0 Å². The van der Waals surface area contributed by atoms with Gasteiger partial charge in [0.05, 0.1) is 0 Å². The molecular formula is C15H24N2. The molecule has 1 saturated carbocycles. The van der Waals surface area contributed by atoms with Crippen LogP contribution in [0.15, 0.2) is 24.3 Å². The Labute approximate surface area is 105 Å². The van der Waals surface area contributed by atoms with E-state index in [0.717, 1.165) is 24.2 Å². The summed E-state index contributed by atoms with van der Waals surface area (Å²) in [5.41, 5.74) is 8.17. The number of rotatable bonds is 3. The second-order valence-electron chi connectivity index (χ2n) is 5.53. The number of para-hydroxylation sites is 1. The van der Waals surface area contributed by atoms with E-state index >= 15 is 0 Å². The van der Waals surface area contributed by atoms with E-state index in [9.17, 15) is 0 Å². The maximum atomic E-state index is 5.99. The first-order chi connectivity index (χ1) is 8.16. The first-order valence-corrected chi connectivity index (χ1v) is 6.70. The Morgan fingerprint density at radius 1 is 1.18 bits per heavy atom. The van der Waals surface area contributed by atoms with Crippen LogP contribution >= 0.6 is 0 Å². The van der Waals surface area contributed by atoms with Crippen LogP contribution in [0.2, 0.25) is 0 Å². The summed E-state index contributed by atoms with van der Waals surface area (Å²) in [7, 11) is 2.23. The molecule has 0 atom stereocenters. The van der Waals surface area contributed by atoms with E-state index in [4.69, 9.17) is 5.73 Å². The topological polar surface area (TPSA) is 29.3 Å². The van der Waals surface area contributed by atoms with Crippen molar-refractivity contribution in [3.05, 3.63) is 29.8 Å². The molecule has 2 rings (SSSR count). The molecule has 0 unspecified atom stereocenters. The molecule has 0 saturated heterocycles. The minimum Gasteiger partial charge on any atom is -0.398 e. The number of hydrogen-bond acceptors (Lipinski definition) is 2. The smallest absolute Gasteiger partial charge is 0.0359 e. The fraction of sp³-hybridized carbons (Fsp3) is 0.600. The lowest BCUT2D eigenvalue weighted by atomic mass is 9.86. The van der Waals surface area contributed by atoms with Crippen molar-refractivity contribution >= 4 is 5.69 Å². The van der Waals surface area contributed by atoms with Gasteiger partial charge in [0.2, 0.25) is 0 Å². The van der Waals surface area contributed by atoms with Gasteiger partial charge in [-0.15, -0.1) is 0 Å². The van der Waals surface area contributed by atoms with Crippen LogP contribution in [0, 0.1) is 5.92 Å². The van der Waals surface area contributed by atoms with E-state index in [2.05, 4.69) is 31.0 Å². The third kappa shape index (κ3) is 3.22. The van der Waals surface area contributed by atoms with Crippen molar-refractivity contribution in [2.75, 3.05) is 12.8 Å². The van der Waals surface area contributed by atoms with Gasteiger partial charge in [0.15, 0.2) is 0 Å². The predicted molar refractivity (Wildman–Crippen MR) is 73.7 cm³/mol. The highest BCUT2D eigenvalue weighted by molar-refractivity contribution is 5.46. The van der Waals surface area contributed by atoms with Crippen molar-refractivity contribution < 1.29 is 0 Å². The van der Waals surface area contributed by atoms with Gasteiger partial charge in [-0.05, 0) is 50.3 Å². The van der Waals surface area contributed by atoms with Crippen molar-refractivity contribution in [2.45, 2.75) is 45.2 Å². The van der Waals surface area contributed by atoms with Crippen molar-refractivity contribution in [1.82, 2.24) is 4.90 Å². The van der Waals surface area contributed by atoms with Gasteiger partial charge in [-0.3, -0.25) is 4.90 Å². The zero-order valence-electron chi connectivity index (χ0n) is 11.0. The molecule has 2 nitrogen and oxygen atoms in total. The molecular weight excluding hydrogens is 208 g/mol. The SMILES string of the molecule is CC1CCC(N(C)Cc2ccccc2N)CC1. The molecule has 1 fully saturated rings. The minimum absolute atomic E-state index is 0.741. The Kier molecular flexibility index (Phi) is 4.06. The number of anilines is 1. The molecule has 2 heteroatoms. The maximum Gasteiger partial charge on any atom is 0.0359 e. The molecule has 0 amide bonds. The maximum absolute atomic E-state index is 5.99. The lowest BCUT2D eigenvalue weighted by Crippen LogP contribution is -2.34. The Morgan fingerprint density at radius 2 is 1.82 bits per heavy atom. The quantitative estimate of drug-likeness (QED) is 0.810. The summed E-state index contributed by atoms with van der Waals surface area (Å²) in [6.07, 6.45) is 5.42. The summed E-state index contributed by atoms with van der Waals surface area (Å²) in [5.74, 6) is 0.918. The van der Waals surface area contributed by atoms with Gasteiger partial charge < -0.3 is 5.73 Å². The second-order valence-corrected chi connectivity index (χ2v) is 5.53. The van der Waals surface area contributed by atoms with Gasteiger partial charge in [-0.25, -0.2) is 0 Å². The van der Waals surface area contributed by atoms with Crippen LogP contribution in [0.1, 0.15) is 38.2 Å². The summed E-state index contributed by atoms with van der Waals surface area (Å²) in [4.78, 5) is 2.47. The Morgan fingerprint density at radius 3 is 2.47 bits per heavy atom. The molecule has 1 aromatic rings. The minimum atomic E-state index is 0.741. The zero-order chi connectivity index (χ0) is 12.3. The number of nitrogens with two attached hydrogens (primary N) is 1. The van der Waals surface area contributed by atoms with Crippen LogP contribution < -0.4 is 5.73 Å². The highest BCUT2D eigenvalue weighted by Crippen LogP contribution is 2.27. The molecule has 0 radical (unpaired) electrons. The highest BCUT2D eigenvalue weighted by Gasteiger charge is 2.21. The van der Waals surface area contributed by atoms with Gasteiger partial charge in [0, 0.05) is 18.3 Å². The first-order valence-electron chi connectivity index (χ1n) is 6.70. The first kappa shape index (κ1) is 12.4. The van der Waals surface area contributed by atoms with E-state index in [1.807, 2.05) is 12.1 Å². The normalized spacial score (nSPS) is 25.1. The molecule has 94 valence electrons. The van der Waals surface area contributed by atoms with E-state index in [0.29, 0.717) is 0 Å². The largest absolute Gasteiger partial charge is 0.398 e. The molecule has 17 heavy (non-hydrogen) atoms. The van der Waals surface area contributed by atoms with Gasteiger partial charge in [0.1, 0.15) is 0 Å². The van der Waals surface area contributed by atoms with Gasteiger partial charge in [-0.1, -0.05) is 25.1 Å². The van der Waals surface area contributed by atoms with E-state index < -0.39 is 0 Å². The van der Waals surface area contributed by atoms with Crippen molar-refractivity contribution in [2.24, 2.45) is 5.92 Å². The molecule has 2 N–H and O–H groups in total.